The molecule has 2 saturated heterocycles. The maximum atomic E-state index is 14.1. The van der Waals surface area contributed by atoms with Crippen LogP contribution in [0.25, 0.3) is 0 Å². The first-order valence-electron chi connectivity index (χ1n) is 15.3. The van der Waals surface area contributed by atoms with Gasteiger partial charge in [0.25, 0.3) is 0 Å². The third-order valence-corrected chi connectivity index (χ3v) is 11.6. The van der Waals surface area contributed by atoms with Crippen LogP contribution < -0.4 is 20.8 Å². The Morgan fingerprint density at radius 3 is 1.38 bits per heavy atom. The Bertz CT molecular complexity index is 1920. The molecule has 0 spiro atoms. The fourth-order valence-corrected chi connectivity index (χ4v) is 8.52. The average molecular weight is 940 g/mol. The largest absolute Gasteiger partial charge is 0.595 e. The van der Waals surface area contributed by atoms with Crippen molar-refractivity contribution >= 4 is 101 Å². The van der Waals surface area contributed by atoms with Crippen LogP contribution in [0.3, 0.4) is 0 Å². The van der Waals surface area contributed by atoms with Crippen molar-refractivity contribution in [3.05, 3.63) is 118 Å². The number of anilines is 3. The van der Waals surface area contributed by atoms with Gasteiger partial charge in [0.1, 0.15) is 10.8 Å². The van der Waals surface area contributed by atoms with Gasteiger partial charge in [-0.3, -0.25) is 0 Å². The zero-order valence-corrected chi connectivity index (χ0v) is 32.7. The fourth-order valence-electron chi connectivity index (χ4n) is 6.57. The quantitative estimate of drug-likeness (QED) is 0.106. The molecule has 2 aliphatic heterocycles. The lowest BCUT2D eigenvalue weighted by Crippen LogP contribution is -2.99. The zero-order chi connectivity index (χ0) is 38.4. The Labute approximate surface area is 331 Å². The Balaban J connectivity index is 0.000000202. The lowest BCUT2D eigenvalue weighted by atomic mass is 9.79. The van der Waals surface area contributed by atoms with Gasteiger partial charge in [-0.2, -0.15) is 31.6 Å². The number of hydrogen-bond donors (Lipinski definition) is 3. The molecule has 4 aromatic carbocycles. The van der Waals surface area contributed by atoms with Crippen molar-refractivity contribution in [2.45, 2.75) is 36.0 Å². The van der Waals surface area contributed by atoms with Crippen molar-refractivity contribution < 1.29 is 36.8 Å². The molecule has 6 nitrogen and oxygen atoms in total. The van der Waals surface area contributed by atoms with Gasteiger partial charge >= 0.3 is 12.4 Å². The van der Waals surface area contributed by atoms with E-state index in [1.54, 1.807) is 28.0 Å². The van der Waals surface area contributed by atoms with E-state index in [0.29, 0.717) is 26.0 Å². The van der Waals surface area contributed by atoms with Gasteiger partial charge in [0.2, 0.25) is 0 Å². The van der Waals surface area contributed by atoms with E-state index in [-0.39, 0.29) is 75.9 Å². The number of quaternary nitrogens is 1. The SMILES string of the molecule is Nc1ccc(N2CCC(c3cc(Cl)cc(Cl)c3)(C(F)(F)F)C2)cc1Br.[O-][NH+](O)c1ccc(N2CCC(c3cc(Cl)cc(Cl)c3)(C(F)(F)F)C2)cc1Br. The van der Waals surface area contributed by atoms with Crippen molar-refractivity contribution in [3.8, 4) is 0 Å². The van der Waals surface area contributed by atoms with Crippen molar-refractivity contribution in [3.63, 3.8) is 0 Å². The van der Waals surface area contributed by atoms with E-state index in [1.165, 1.54) is 54.6 Å². The average Bonchev–Trinajstić information content (AvgIpc) is 3.69. The normalized spacial score (nSPS) is 21.3. The number of alkyl halides is 6. The van der Waals surface area contributed by atoms with E-state index in [4.69, 9.17) is 57.3 Å². The number of benzene rings is 4. The van der Waals surface area contributed by atoms with Gasteiger partial charge < -0.3 is 20.7 Å². The zero-order valence-electron chi connectivity index (χ0n) is 26.5. The van der Waals surface area contributed by atoms with Gasteiger partial charge in [0.05, 0.1) is 4.47 Å². The van der Waals surface area contributed by atoms with E-state index in [9.17, 15) is 31.5 Å². The Kier molecular flexibility index (Phi) is 12.3. The summed E-state index contributed by atoms with van der Waals surface area (Å²) in [5.74, 6) is 0. The van der Waals surface area contributed by atoms with E-state index in [0.717, 1.165) is 0 Å². The van der Waals surface area contributed by atoms with Gasteiger partial charge in [0.15, 0.2) is 5.69 Å². The van der Waals surface area contributed by atoms with E-state index < -0.39 is 28.4 Å². The summed E-state index contributed by atoms with van der Waals surface area (Å²) in [4.78, 5) is 3.28. The number of halogens is 12. The van der Waals surface area contributed by atoms with Crippen LogP contribution >= 0.6 is 78.3 Å². The first-order chi connectivity index (χ1) is 24.2. The van der Waals surface area contributed by atoms with Gasteiger partial charge in [0, 0.05) is 73.9 Å². The number of nitrogens with two attached hydrogens (primary N) is 1. The Morgan fingerprint density at radius 1 is 0.654 bits per heavy atom. The van der Waals surface area contributed by atoms with E-state index >= 15 is 0 Å². The molecule has 0 aliphatic carbocycles. The van der Waals surface area contributed by atoms with Crippen LogP contribution in [0.5, 0.6) is 0 Å². The Morgan fingerprint density at radius 2 is 1.04 bits per heavy atom. The number of nitrogens with one attached hydrogen (secondary N) is 1. The summed E-state index contributed by atoms with van der Waals surface area (Å²) >= 11 is 30.2. The molecule has 3 unspecified atom stereocenters. The van der Waals surface area contributed by atoms with Gasteiger partial charge in [-0.05, 0) is 123 Å². The topological polar surface area (TPSA) is 80.2 Å². The summed E-state index contributed by atoms with van der Waals surface area (Å²) in [6, 6.07) is 17.6. The molecule has 52 heavy (non-hydrogen) atoms. The Hall–Kier alpha value is -2.14. The molecule has 0 amide bonds. The third-order valence-electron chi connectivity index (χ3n) is 9.35. The molecule has 18 heteroatoms. The summed E-state index contributed by atoms with van der Waals surface area (Å²) in [5.41, 5.74) is 3.51. The van der Waals surface area contributed by atoms with Crippen LogP contribution in [0.4, 0.5) is 49.1 Å². The highest BCUT2D eigenvalue weighted by Gasteiger charge is 2.60. The summed E-state index contributed by atoms with van der Waals surface area (Å²) < 4.78 is 85.4. The number of rotatable bonds is 5. The van der Waals surface area contributed by atoms with E-state index in [1.807, 2.05) is 0 Å². The fraction of sp³-hybridized carbons (Fsp3) is 0.294. The van der Waals surface area contributed by atoms with Crippen LogP contribution in [0.2, 0.25) is 20.1 Å². The van der Waals surface area contributed by atoms with Crippen LogP contribution in [0.1, 0.15) is 24.0 Å². The molecule has 4 aromatic rings. The van der Waals surface area contributed by atoms with Crippen LogP contribution in [-0.4, -0.2) is 43.7 Å². The molecular weight excluding hydrogens is 912 g/mol. The molecule has 2 aliphatic rings. The monoisotopic (exact) mass is 936 g/mol. The lowest BCUT2D eigenvalue weighted by Gasteiger charge is -2.33. The molecule has 3 atom stereocenters. The minimum Gasteiger partial charge on any atom is -0.595 e. The smallest absolute Gasteiger partial charge is 0.400 e. The summed E-state index contributed by atoms with van der Waals surface area (Å²) in [6.45, 7) is -0.0991. The number of hydrogen-bond acceptors (Lipinski definition) is 5. The predicted molar refractivity (Wildman–Crippen MR) is 201 cm³/mol. The molecule has 0 saturated carbocycles. The van der Waals surface area contributed by atoms with Crippen LogP contribution in [0, 0.1) is 5.21 Å². The van der Waals surface area contributed by atoms with Crippen LogP contribution in [-0.2, 0) is 10.8 Å². The maximum absolute atomic E-state index is 14.1. The van der Waals surface area contributed by atoms with Crippen molar-refractivity contribution in [2.75, 3.05) is 41.7 Å². The minimum absolute atomic E-state index is 0.0243. The standard InChI is InChI=1S/C17H14BrCl2F3N2O2.C17H14BrCl2F3N2/c18-14-8-13(1-2-15(14)25(26)27)24-4-3-16(9-24,17(21,22)23)10-5-11(19)7-12(20)6-10;18-14-8-13(1-2-15(14)24)25-4-3-16(9-25,17(21,22)23)10-5-11(19)7-12(20)6-10/h1-2,5-8,25-26H,3-4,9H2;1-2,5-8H,3-4,9,24H2. The molecule has 2 heterocycles. The number of nitrogens with zero attached hydrogens (tertiary/aromatic N) is 2. The highest BCUT2D eigenvalue weighted by Crippen LogP contribution is 2.51. The van der Waals surface area contributed by atoms with Crippen molar-refractivity contribution in [1.29, 1.82) is 0 Å². The van der Waals surface area contributed by atoms with Crippen LogP contribution in [0.15, 0.2) is 81.7 Å². The molecular formula is C34H28Br2Cl4F6N4O2. The highest BCUT2D eigenvalue weighted by molar-refractivity contribution is 9.11. The third kappa shape index (κ3) is 8.40. The molecule has 280 valence electrons. The maximum Gasteiger partial charge on any atom is 0.400 e. The molecule has 0 bridgehead atoms. The summed E-state index contributed by atoms with van der Waals surface area (Å²) in [7, 11) is 0. The second-order valence-corrected chi connectivity index (χ2v) is 15.9. The predicted octanol–water partition coefficient (Wildman–Crippen LogP) is 10.9. The van der Waals surface area contributed by atoms with Gasteiger partial charge in [-0.25, -0.2) is 5.21 Å². The highest BCUT2D eigenvalue weighted by atomic mass is 79.9. The number of nitrogen functional groups attached to an aromatic ring is 1. The first-order valence-corrected chi connectivity index (χ1v) is 18.4. The minimum atomic E-state index is -4.51. The molecule has 0 aromatic heterocycles. The van der Waals surface area contributed by atoms with Crippen molar-refractivity contribution in [1.82, 2.24) is 0 Å². The summed E-state index contributed by atoms with van der Waals surface area (Å²) in [6.07, 6.45) is -9.17. The molecule has 6 rings (SSSR count). The molecule has 4 N–H and O–H groups in total. The molecule has 2 fully saturated rings. The second-order valence-electron chi connectivity index (χ2n) is 12.5. The summed E-state index contributed by atoms with van der Waals surface area (Å²) in [5, 5.41) is 19.8. The molecule has 0 radical (unpaired) electrons. The van der Waals surface area contributed by atoms with Crippen molar-refractivity contribution in [2.24, 2.45) is 0 Å². The lowest BCUT2D eigenvalue weighted by molar-refractivity contribution is -0.991. The van der Waals surface area contributed by atoms with E-state index in [2.05, 4.69) is 31.9 Å². The second kappa shape index (κ2) is 15.5. The van der Waals surface area contributed by atoms with Gasteiger partial charge in [-0.1, -0.05) is 46.4 Å². The first kappa shape index (κ1) is 41.0. The van der Waals surface area contributed by atoms with Gasteiger partial charge in [-0.15, -0.1) is 0 Å².